The van der Waals surface area contributed by atoms with Crippen LogP contribution in [0.1, 0.15) is 68.6 Å². The first-order valence-electron chi connectivity index (χ1n) is 8.57. The molecule has 2 heterocycles. The Morgan fingerprint density at radius 1 is 1.22 bits per heavy atom. The minimum Gasteiger partial charge on any atom is -0.480 e. The van der Waals surface area contributed by atoms with E-state index in [1.165, 1.54) is 11.1 Å². The monoisotopic (exact) mass is 323 g/mol. The Hall–Kier alpha value is -1.47. The molecular weight excluding hydrogens is 298 g/mol. The lowest BCUT2D eigenvalue weighted by Gasteiger charge is -2.26. The van der Waals surface area contributed by atoms with Gasteiger partial charge in [-0.2, -0.15) is 5.10 Å². The highest BCUT2D eigenvalue weighted by molar-refractivity contribution is 5.66. The number of carboxylic acid groups (broad SMARTS) is 1. The van der Waals surface area contributed by atoms with Gasteiger partial charge in [-0.1, -0.05) is 19.3 Å². The molecule has 0 radical (unpaired) electrons. The molecule has 128 valence electrons. The van der Waals surface area contributed by atoms with Crippen LogP contribution in [-0.4, -0.2) is 44.2 Å². The zero-order valence-electron chi connectivity index (χ0n) is 13.4. The second-order valence-corrected chi connectivity index (χ2v) is 6.61. The molecular formula is C16H25N3O4. The zero-order valence-corrected chi connectivity index (χ0v) is 13.4. The Labute approximate surface area is 135 Å². The number of hydrogen-bond acceptors (Lipinski definition) is 5. The van der Waals surface area contributed by atoms with E-state index in [0.717, 1.165) is 38.5 Å². The SMILES string of the molecule is O=C(O)Cn1nc(C2CCOCC2)nc1[C@H](O)C1CCCCC1. The first kappa shape index (κ1) is 16.4. The van der Waals surface area contributed by atoms with Crippen LogP contribution in [0.4, 0.5) is 0 Å². The van der Waals surface area contributed by atoms with Gasteiger partial charge in [0.15, 0.2) is 11.6 Å². The van der Waals surface area contributed by atoms with Gasteiger partial charge in [0.2, 0.25) is 0 Å². The average Bonchev–Trinajstić information content (AvgIpc) is 2.99. The molecule has 1 saturated heterocycles. The van der Waals surface area contributed by atoms with Crippen molar-refractivity contribution in [2.75, 3.05) is 13.2 Å². The molecule has 0 bridgehead atoms. The molecule has 0 aromatic carbocycles. The molecule has 2 aliphatic rings. The normalized spacial score (nSPS) is 22.1. The van der Waals surface area contributed by atoms with Crippen LogP contribution in [0.5, 0.6) is 0 Å². The molecule has 1 aliphatic heterocycles. The second-order valence-electron chi connectivity index (χ2n) is 6.61. The Kier molecular flexibility index (Phi) is 5.27. The van der Waals surface area contributed by atoms with Crippen molar-refractivity contribution in [2.24, 2.45) is 5.92 Å². The van der Waals surface area contributed by atoms with Crippen LogP contribution in [0.25, 0.3) is 0 Å². The van der Waals surface area contributed by atoms with Crippen molar-refractivity contribution in [3.63, 3.8) is 0 Å². The average molecular weight is 323 g/mol. The number of ether oxygens (including phenoxy) is 1. The van der Waals surface area contributed by atoms with Crippen LogP contribution in [-0.2, 0) is 16.1 Å². The van der Waals surface area contributed by atoms with Gasteiger partial charge in [0.1, 0.15) is 12.6 Å². The molecule has 1 aliphatic carbocycles. The number of hydrogen-bond donors (Lipinski definition) is 2. The number of aliphatic hydroxyl groups is 1. The lowest BCUT2D eigenvalue weighted by Crippen LogP contribution is -2.22. The summed E-state index contributed by atoms with van der Waals surface area (Å²) in [6.45, 7) is 1.10. The summed E-state index contributed by atoms with van der Waals surface area (Å²) in [5.41, 5.74) is 0. The van der Waals surface area contributed by atoms with Crippen molar-refractivity contribution in [3.05, 3.63) is 11.6 Å². The van der Waals surface area contributed by atoms with Gasteiger partial charge in [-0.15, -0.1) is 0 Å². The molecule has 0 amide bonds. The van der Waals surface area contributed by atoms with Crippen molar-refractivity contribution in [2.45, 2.75) is 63.5 Å². The number of aliphatic carboxylic acids is 1. The van der Waals surface area contributed by atoms with E-state index in [-0.39, 0.29) is 18.4 Å². The largest absolute Gasteiger partial charge is 0.480 e. The molecule has 0 spiro atoms. The Morgan fingerprint density at radius 3 is 2.57 bits per heavy atom. The summed E-state index contributed by atoms with van der Waals surface area (Å²) >= 11 is 0. The van der Waals surface area contributed by atoms with E-state index in [1.54, 1.807) is 0 Å². The zero-order chi connectivity index (χ0) is 16.2. The number of rotatable bonds is 5. The summed E-state index contributed by atoms with van der Waals surface area (Å²) in [6.07, 6.45) is 6.32. The van der Waals surface area contributed by atoms with E-state index in [4.69, 9.17) is 9.84 Å². The number of nitrogens with zero attached hydrogens (tertiary/aromatic N) is 3. The molecule has 0 unspecified atom stereocenters. The van der Waals surface area contributed by atoms with Crippen LogP contribution < -0.4 is 0 Å². The summed E-state index contributed by atoms with van der Waals surface area (Å²) in [5, 5.41) is 24.2. The van der Waals surface area contributed by atoms with Gasteiger partial charge < -0.3 is 14.9 Å². The highest BCUT2D eigenvalue weighted by Gasteiger charge is 2.30. The quantitative estimate of drug-likeness (QED) is 0.858. The van der Waals surface area contributed by atoms with E-state index in [2.05, 4.69) is 10.1 Å². The summed E-state index contributed by atoms with van der Waals surface area (Å²) in [7, 11) is 0. The summed E-state index contributed by atoms with van der Waals surface area (Å²) < 4.78 is 6.74. The fourth-order valence-electron chi connectivity index (χ4n) is 3.63. The van der Waals surface area contributed by atoms with Crippen molar-refractivity contribution in [1.82, 2.24) is 14.8 Å². The van der Waals surface area contributed by atoms with E-state index >= 15 is 0 Å². The first-order valence-corrected chi connectivity index (χ1v) is 8.57. The number of carboxylic acids is 1. The van der Waals surface area contributed by atoms with Gasteiger partial charge in [-0.25, -0.2) is 9.67 Å². The van der Waals surface area contributed by atoms with Crippen molar-refractivity contribution in [3.8, 4) is 0 Å². The predicted molar refractivity (Wildman–Crippen MR) is 82.0 cm³/mol. The molecule has 1 aromatic heterocycles. The van der Waals surface area contributed by atoms with Gasteiger partial charge in [0.05, 0.1) is 0 Å². The predicted octanol–water partition coefficient (Wildman–Crippen LogP) is 1.87. The molecule has 3 rings (SSSR count). The van der Waals surface area contributed by atoms with Gasteiger partial charge in [0, 0.05) is 19.1 Å². The summed E-state index contributed by atoms with van der Waals surface area (Å²) in [5.74, 6) is 0.449. The third-order valence-corrected chi connectivity index (χ3v) is 4.95. The molecule has 2 fully saturated rings. The minimum absolute atomic E-state index is 0.156. The third kappa shape index (κ3) is 3.90. The maximum Gasteiger partial charge on any atom is 0.325 e. The standard InChI is InChI=1S/C16H25N3O4/c20-13(21)10-19-16(14(22)11-4-2-1-3-5-11)17-15(18-19)12-6-8-23-9-7-12/h11-12,14,22H,1-10H2,(H,20,21)/t14-/m1/s1. The maximum atomic E-state index is 11.1. The Bertz CT molecular complexity index is 533. The molecule has 23 heavy (non-hydrogen) atoms. The van der Waals surface area contributed by atoms with Crippen molar-refractivity contribution < 1.29 is 19.7 Å². The first-order chi connectivity index (χ1) is 11.1. The number of carbonyl (C=O) groups is 1. The van der Waals surface area contributed by atoms with E-state index in [9.17, 15) is 9.90 Å². The fourth-order valence-corrected chi connectivity index (χ4v) is 3.63. The van der Waals surface area contributed by atoms with Gasteiger partial charge in [0.25, 0.3) is 0 Å². The van der Waals surface area contributed by atoms with Crippen molar-refractivity contribution in [1.29, 1.82) is 0 Å². The highest BCUT2D eigenvalue weighted by Crippen LogP contribution is 2.34. The van der Waals surface area contributed by atoms with Crippen LogP contribution in [0.2, 0.25) is 0 Å². The third-order valence-electron chi connectivity index (χ3n) is 4.95. The molecule has 2 N–H and O–H groups in total. The molecule has 7 heteroatoms. The Balaban J connectivity index is 1.83. The lowest BCUT2D eigenvalue weighted by atomic mass is 9.85. The molecule has 1 aromatic rings. The number of aromatic nitrogens is 3. The second kappa shape index (κ2) is 7.40. The maximum absolute atomic E-state index is 11.1. The smallest absolute Gasteiger partial charge is 0.325 e. The Morgan fingerprint density at radius 2 is 1.91 bits per heavy atom. The van der Waals surface area contributed by atoms with Crippen LogP contribution in [0.3, 0.4) is 0 Å². The molecule has 7 nitrogen and oxygen atoms in total. The lowest BCUT2D eigenvalue weighted by molar-refractivity contribution is -0.138. The fraction of sp³-hybridized carbons (Fsp3) is 0.812. The summed E-state index contributed by atoms with van der Waals surface area (Å²) in [6, 6.07) is 0. The topological polar surface area (TPSA) is 97.5 Å². The van der Waals surface area contributed by atoms with E-state index in [1.807, 2.05) is 0 Å². The van der Waals surface area contributed by atoms with Crippen LogP contribution >= 0.6 is 0 Å². The minimum atomic E-state index is -0.967. The number of aliphatic hydroxyl groups excluding tert-OH is 1. The molecule has 1 saturated carbocycles. The van der Waals surface area contributed by atoms with Crippen molar-refractivity contribution >= 4 is 5.97 Å². The van der Waals surface area contributed by atoms with Gasteiger partial charge >= 0.3 is 5.97 Å². The van der Waals surface area contributed by atoms with Gasteiger partial charge in [-0.3, -0.25) is 4.79 Å². The van der Waals surface area contributed by atoms with E-state index < -0.39 is 12.1 Å². The van der Waals surface area contributed by atoms with Crippen LogP contribution in [0.15, 0.2) is 0 Å². The van der Waals surface area contributed by atoms with E-state index in [0.29, 0.717) is 24.9 Å². The highest BCUT2D eigenvalue weighted by atomic mass is 16.5. The summed E-state index contributed by atoms with van der Waals surface area (Å²) in [4.78, 5) is 15.7. The molecule has 1 atom stereocenters. The van der Waals surface area contributed by atoms with Crippen LogP contribution in [0, 0.1) is 5.92 Å². The van der Waals surface area contributed by atoms with Gasteiger partial charge in [-0.05, 0) is 31.6 Å².